The van der Waals surface area contributed by atoms with Gasteiger partial charge in [0.2, 0.25) is 5.91 Å². The third-order valence-electron chi connectivity index (χ3n) is 3.85. The molecule has 1 fully saturated rings. The third kappa shape index (κ3) is 4.81. The molecule has 0 aliphatic carbocycles. The van der Waals surface area contributed by atoms with Gasteiger partial charge >= 0.3 is 0 Å². The number of rotatable bonds is 4. The molecule has 1 aliphatic rings. The molecule has 2 rings (SSSR count). The molecule has 0 spiro atoms. The predicted molar refractivity (Wildman–Crippen MR) is 86.8 cm³/mol. The molecule has 3 N–H and O–H groups in total. The summed E-state index contributed by atoms with van der Waals surface area (Å²) in [5, 5.41) is 3.04. The lowest BCUT2D eigenvalue weighted by Gasteiger charge is -2.35. The summed E-state index contributed by atoms with van der Waals surface area (Å²) in [7, 11) is 0. The number of carbonyl (C=O) groups is 1. The van der Waals surface area contributed by atoms with Crippen LogP contribution in [0.25, 0.3) is 0 Å². The minimum absolute atomic E-state index is 0. The summed E-state index contributed by atoms with van der Waals surface area (Å²) < 4.78 is 5.32. The third-order valence-corrected chi connectivity index (χ3v) is 3.85. The normalized spacial score (nSPS) is 17.8. The SMILES string of the molecule is C[C@H](NC(=O)C1(CN)CCOCC1)c1cccnc1.Cl.Cl. The van der Waals surface area contributed by atoms with Crippen molar-refractivity contribution in [2.45, 2.75) is 25.8 Å². The number of nitrogens with two attached hydrogens (primary N) is 1. The fourth-order valence-electron chi connectivity index (χ4n) is 2.35. The van der Waals surface area contributed by atoms with Gasteiger partial charge in [0, 0.05) is 32.2 Å². The Kier molecular flexibility index (Phi) is 8.82. The van der Waals surface area contributed by atoms with E-state index in [-0.39, 0.29) is 36.8 Å². The van der Waals surface area contributed by atoms with E-state index in [2.05, 4.69) is 10.3 Å². The van der Waals surface area contributed by atoms with E-state index in [0.717, 1.165) is 5.56 Å². The van der Waals surface area contributed by atoms with E-state index in [1.54, 1.807) is 12.4 Å². The lowest BCUT2D eigenvalue weighted by molar-refractivity contribution is -0.136. The number of nitrogens with one attached hydrogen (secondary N) is 1. The quantitative estimate of drug-likeness (QED) is 0.880. The number of nitrogens with zero attached hydrogens (tertiary/aromatic N) is 1. The molecule has 1 aromatic heterocycles. The molecule has 0 bridgehead atoms. The Morgan fingerprint density at radius 2 is 2.14 bits per heavy atom. The van der Waals surface area contributed by atoms with Crippen molar-refractivity contribution in [3.05, 3.63) is 30.1 Å². The van der Waals surface area contributed by atoms with Gasteiger partial charge in [-0.1, -0.05) is 6.07 Å². The molecule has 1 aromatic rings. The average molecular weight is 336 g/mol. The maximum absolute atomic E-state index is 12.5. The van der Waals surface area contributed by atoms with Crippen LogP contribution in [0.4, 0.5) is 0 Å². The zero-order chi connectivity index (χ0) is 13.7. The van der Waals surface area contributed by atoms with Gasteiger partial charge in [0.1, 0.15) is 0 Å². The van der Waals surface area contributed by atoms with Crippen LogP contribution in [-0.4, -0.2) is 30.6 Å². The smallest absolute Gasteiger partial charge is 0.228 e. The average Bonchev–Trinajstić information content (AvgIpc) is 2.48. The number of carbonyl (C=O) groups excluding carboxylic acids is 1. The summed E-state index contributed by atoms with van der Waals surface area (Å²) in [5.41, 5.74) is 6.34. The van der Waals surface area contributed by atoms with Crippen molar-refractivity contribution < 1.29 is 9.53 Å². The van der Waals surface area contributed by atoms with Gasteiger partial charge < -0.3 is 15.8 Å². The first-order valence-electron chi connectivity index (χ1n) is 6.67. The van der Waals surface area contributed by atoms with E-state index >= 15 is 0 Å². The van der Waals surface area contributed by atoms with E-state index in [1.165, 1.54) is 0 Å². The Morgan fingerprint density at radius 3 is 2.67 bits per heavy atom. The Hall–Kier alpha value is -0.880. The van der Waals surface area contributed by atoms with Crippen LogP contribution in [0.1, 0.15) is 31.4 Å². The number of hydrogen-bond acceptors (Lipinski definition) is 4. The van der Waals surface area contributed by atoms with Crippen molar-refractivity contribution in [1.82, 2.24) is 10.3 Å². The van der Waals surface area contributed by atoms with E-state index in [0.29, 0.717) is 32.6 Å². The van der Waals surface area contributed by atoms with Crippen molar-refractivity contribution in [3.63, 3.8) is 0 Å². The molecule has 1 saturated heterocycles. The summed E-state index contributed by atoms with van der Waals surface area (Å²) in [6.07, 6.45) is 4.87. The Labute approximate surface area is 137 Å². The van der Waals surface area contributed by atoms with Crippen LogP contribution in [0.5, 0.6) is 0 Å². The van der Waals surface area contributed by atoms with Gasteiger partial charge in [0.05, 0.1) is 11.5 Å². The minimum atomic E-state index is -0.477. The number of halogens is 2. The van der Waals surface area contributed by atoms with Gasteiger partial charge in [-0.25, -0.2) is 0 Å². The lowest BCUT2D eigenvalue weighted by Crippen LogP contribution is -2.49. The maximum atomic E-state index is 12.5. The number of amides is 1. The number of aromatic nitrogens is 1. The summed E-state index contributed by atoms with van der Waals surface area (Å²) in [6, 6.07) is 3.76. The predicted octanol–water partition coefficient (Wildman–Crippen LogP) is 1.86. The van der Waals surface area contributed by atoms with Crippen LogP contribution in [0.3, 0.4) is 0 Å². The summed E-state index contributed by atoms with van der Waals surface area (Å²) >= 11 is 0. The molecule has 1 amide bonds. The van der Waals surface area contributed by atoms with Crippen LogP contribution >= 0.6 is 24.8 Å². The second-order valence-corrected chi connectivity index (χ2v) is 5.08. The number of hydrogen-bond donors (Lipinski definition) is 2. The lowest BCUT2D eigenvalue weighted by atomic mass is 9.79. The van der Waals surface area contributed by atoms with Crippen molar-refractivity contribution in [2.75, 3.05) is 19.8 Å². The molecule has 5 nitrogen and oxygen atoms in total. The largest absolute Gasteiger partial charge is 0.381 e. The highest BCUT2D eigenvalue weighted by molar-refractivity contribution is 5.85. The maximum Gasteiger partial charge on any atom is 0.228 e. The van der Waals surface area contributed by atoms with Crippen LogP contribution in [0.2, 0.25) is 0 Å². The molecule has 0 saturated carbocycles. The van der Waals surface area contributed by atoms with E-state index in [4.69, 9.17) is 10.5 Å². The van der Waals surface area contributed by atoms with Crippen LogP contribution < -0.4 is 11.1 Å². The molecule has 120 valence electrons. The highest BCUT2D eigenvalue weighted by atomic mass is 35.5. The fourth-order valence-corrected chi connectivity index (χ4v) is 2.35. The first kappa shape index (κ1) is 20.1. The summed E-state index contributed by atoms with van der Waals surface area (Å²) in [6.45, 7) is 3.53. The molecule has 7 heteroatoms. The Bertz CT molecular complexity index is 425. The van der Waals surface area contributed by atoms with Crippen LogP contribution in [-0.2, 0) is 9.53 Å². The van der Waals surface area contributed by atoms with Gasteiger partial charge in [0.15, 0.2) is 0 Å². The molecule has 1 aliphatic heterocycles. The first-order chi connectivity index (χ1) is 9.18. The Balaban J connectivity index is 0.00000200. The second-order valence-electron chi connectivity index (χ2n) is 5.08. The van der Waals surface area contributed by atoms with Crippen LogP contribution in [0, 0.1) is 5.41 Å². The molecular formula is C14H23Cl2N3O2. The van der Waals surface area contributed by atoms with Gasteiger partial charge in [-0.3, -0.25) is 9.78 Å². The van der Waals surface area contributed by atoms with Crippen molar-refractivity contribution in [2.24, 2.45) is 11.1 Å². The standard InChI is InChI=1S/C14H21N3O2.2ClH/c1-11(12-3-2-6-16-9-12)17-13(18)14(10-15)4-7-19-8-5-14;;/h2-3,6,9,11H,4-5,7-8,10,15H2,1H3,(H,17,18);2*1H/t11-;;/m0../s1. The second kappa shape index (κ2) is 9.20. The van der Waals surface area contributed by atoms with E-state index in [1.807, 2.05) is 19.1 Å². The van der Waals surface area contributed by atoms with Crippen molar-refractivity contribution >= 4 is 30.7 Å². The van der Waals surface area contributed by atoms with Crippen molar-refractivity contribution in [3.8, 4) is 0 Å². The monoisotopic (exact) mass is 335 g/mol. The fraction of sp³-hybridized carbons (Fsp3) is 0.571. The summed E-state index contributed by atoms with van der Waals surface area (Å²) in [4.78, 5) is 16.5. The zero-order valence-electron chi connectivity index (χ0n) is 12.1. The number of pyridine rings is 1. The number of ether oxygens (including phenoxy) is 1. The molecule has 0 unspecified atom stereocenters. The molecular weight excluding hydrogens is 313 g/mol. The van der Waals surface area contributed by atoms with Crippen molar-refractivity contribution in [1.29, 1.82) is 0 Å². The van der Waals surface area contributed by atoms with Gasteiger partial charge in [0.25, 0.3) is 0 Å². The van der Waals surface area contributed by atoms with Crippen LogP contribution in [0.15, 0.2) is 24.5 Å². The van der Waals surface area contributed by atoms with Gasteiger partial charge in [-0.2, -0.15) is 0 Å². The molecule has 0 radical (unpaired) electrons. The zero-order valence-corrected chi connectivity index (χ0v) is 13.7. The summed E-state index contributed by atoms with van der Waals surface area (Å²) in [5.74, 6) is 0.0228. The minimum Gasteiger partial charge on any atom is -0.381 e. The highest BCUT2D eigenvalue weighted by Crippen LogP contribution is 2.30. The molecule has 21 heavy (non-hydrogen) atoms. The molecule has 0 aromatic carbocycles. The topological polar surface area (TPSA) is 77.2 Å². The molecule has 1 atom stereocenters. The Morgan fingerprint density at radius 1 is 1.48 bits per heavy atom. The highest BCUT2D eigenvalue weighted by Gasteiger charge is 2.39. The van der Waals surface area contributed by atoms with Gasteiger partial charge in [-0.05, 0) is 31.4 Å². The van der Waals surface area contributed by atoms with Gasteiger partial charge in [-0.15, -0.1) is 24.8 Å². The first-order valence-corrected chi connectivity index (χ1v) is 6.67. The van der Waals surface area contributed by atoms with E-state index < -0.39 is 5.41 Å². The van der Waals surface area contributed by atoms with E-state index in [9.17, 15) is 4.79 Å². The molecule has 2 heterocycles.